The van der Waals surface area contributed by atoms with Gasteiger partial charge in [0, 0.05) is 24.2 Å². The van der Waals surface area contributed by atoms with E-state index in [0.29, 0.717) is 11.8 Å². The Hall–Kier alpha value is -2.43. The standard InChI is InChI=1S/C12H11N5/c1-17-12(13)15-11(16-17)9-4-2-6-10-8(9)5-3-7-14-10/h2-7H,1H3,(H2,13,15,16). The molecule has 5 nitrogen and oxygen atoms in total. The number of nitrogens with zero attached hydrogens (tertiary/aromatic N) is 4. The van der Waals surface area contributed by atoms with Gasteiger partial charge in [0.15, 0.2) is 5.82 Å². The molecule has 2 aromatic heterocycles. The number of aromatic nitrogens is 4. The fourth-order valence-corrected chi connectivity index (χ4v) is 1.81. The van der Waals surface area contributed by atoms with E-state index in [1.165, 1.54) is 0 Å². The number of pyridine rings is 1. The molecule has 2 N–H and O–H groups in total. The lowest BCUT2D eigenvalue weighted by Crippen LogP contribution is -1.97. The van der Waals surface area contributed by atoms with E-state index in [1.807, 2.05) is 30.3 Å². The number of benzene rings is 1. The Bertz CT molecular complexity index is 661. The summed E-state index contributed by atoms with van der Waals surface area (Å²) in [6.45, 7) is 0. The first-order valence-corrected chi connectivity index (χ1v) is 5.26. The second kappa shape index (κ2) is 3.55. The molecule has 0 fully saturated rings. The molecule has 2 heterocycles. The van der Waals surface area contributed by atoms with Crippen molar-refractivity contribution in [1.82, 2.24) is 19.7 Å². The van der Waals surface area contributed by atoms with Crippen molar-refractivity contribution in [3.63, 3.8) is 0 Å². The second-order valence-electron chi connectivity index (χ2n) is 3.79. The van der Waals surface area contributed by atoms with Crippen LogP contribution in [0, 0.1) is 0 Å². The Morgan fingerprint density at radius 1 is 1.18 bits per heavy atom. The van der Waals surface area contributed by atoms with E-state index in [0.717, 1.165) is 16.5 Å². The predicted octanol–water partition coefficient (Wildman–Crippen LogP) is 1.61. The zero-order valence-corrected chi connectivity index (χ0v) is 9.33. The fraction of sp³-hybridized carbons (Fsp3) is 0.0833. The van der Waals surface area contributed by atoms with Crippen molar-refractivity contribution in [2.24, 2.45) is 7.05 Å². The first-order chi connectivity index (χ1) is 8.25. The largest absolute Gasteiger partial charge is 0.368 e. The zero-order chi connectivity index (χ0) is 11.8. The molecule has 0 bridgehead atoms. The van der Waals surface area contributed by atoms with E-state index in [1.54, 1.807) is 17.9 Å². The van der Waals surface area contributed by atoms with Crippen molar-refractivity contribution in [3.05, 3.63) is 36.5 Å². The van der Waals surface area contributed by atoms with E-state index in [9.17, 15) is 0 Å². The molecule has 0 spiro atoms. The average Bonchev–Trinajstić information content (AvgIpc) is 2.69. The lowest BCUT2D eigenvalue weighted by Gasteiger charge is -2.01. The van der Waals surface area contributed by atoms with E-state index >= 15 is 0 Å². The Kier molecular flexibility index (Phi) is 2.04. The number of fused-ring (bicyclic) bond motifs is 1. The monoisotopic (exact) mass is 225 g/mol. The number of hydrogen-bond donors (Lipinski definition) is 1. The number of nitrogens with two attached hydrogens (primary N) is 1. The van der Waals surface area contributed by atoms with Crippen LogP contribution in [-0.2, 0) is 7.05 Å². The Labute approximate surface area is 97.9 Å². The van der Waals surface area contributed by atoms with Crippen LogP contribution >= 0.6 is 0 Å². The van der Waals surface area contributed by atoms with Crippen LogP contribution in [0.5, 0.6) is 0 Å². The van der Waals surface area contributed by atoms with Crippen LogP contribution in [0.3, 0.4) is 0 Å². The van der Waals surface area contributed by atoms with Gasteiger partial charge in [0.1, 0.15) is 0 Å². The minimum Gasteiger partial charge on any atom is -0.368 e. The van der Waals surface area contributed by atoms with Crippen molar-refractivity contribution < 1.29 is 0 Å². The summed E-state index contributed by atoms with van der Waals surface area (Å²) in [7, 11) is 1.77. The van der Waals surface area contributed by atoms with E-state index in [-0.39, 0.29) is 0 Å². The highest BCUT2D eigenvalue weighted by atomic mass is 15.4. The van der Waals surface area contributed by atoms with Crippen molar-refractivity contribution >= 4 is 16.9 Å². The summed E-state index contributed by atoms with van der Waals surface area (Å²) in [6.07, 6.45) is 1.77. The van der Waals surface area contributed by atoms with E-state index in [2.05, 4.69) is 15.1 Å². The van der Waals surface area contributed by atoms with Crippen LogP contribution < -0.4 is 5.73 Å². The summed E-state index contributed by atoms with van der Waals surface area (Å²) in [5.74, 6) is 1.03. The number of anilines is 1. The highest BCUT2D eigenvalue weighted by molar-refractivity contribution is 5.92. The average molecular weight is 225 g/mol. The number of aryl methyl sites for hydroxylation is 1. The fourth-order valence-electron chi connectivity index (χ4n) is 1.81. The van der Waals surface area contributed by atoms with Gasteiger partial charge in [-0.15, -0.1) is 5.10 Å². The lowest BCUT2D eigenvalue weighted by atomic mass is 10.1. The van der Waals surface area contributed by atoms with Crippen LogP contribution in [-0.4, -0.2) is 19.7 Å². The van der Waals surface area contributed by atoms with Crippen LogP contribution in [0.4, 0.5) is 5.95 Å². The summed E-state index contributed by atoms with van der Waals surface area (Å²) in [6, 6.07) is 9.78. The first-order valence-electron chi connectivity index (χ1n) is 5.26. The van der Waals surface area contributed by atoms with Gasteiger partial charge >= 0.3 is 0 Å². The van der Waals surface area contributed by atoms with Crippen molar-refractivity contribution in [3.8, 4) is 11.4 Å². The molecule has 1 aromatic carbocycles. The molecule has 3 rings (SSSR count). The van der Waals surface area contributed by atoms with Gasteiger partial charge in [-0.3, -0.25) is 4.98 Å². The number of hydrogen-bond acceptors (Lipinski definition) is 4. The topological polar surface area (TPSA) is 69.6 Å². The maximum atomic E-state index is 5.70. The van der Waals surface area contributed by atoms with Gasteiger partial charge in [-0.25, -0.2) is 4.68 Å². The molecule has 5 heteroatoms. The Balaban J connectivity index is 2.30. The third-order valence-corrected chi connectivity index (χ3v) is 2.68. The molecule has 17 heavy (non-hydrogen) atoms. The third kappa shape index (κ3) is 1.52. The van der Waals surface area contributed by atoms with Gasteiger partial charge in [0.05, 0.1) is 5.52 Å². The van der Waals surface area contributed by atoms with Crippen molar-refractivity contribution in [1.29, 1.82) is 0 Å². The quantitative estimate of drug-likeness (QED) is 0.683. The summed E-state index contributed by atoms with van der Waals surface area (Å²) < 4.78 is 1.56. The van der Waals surface area contributed by atoms with Gasteiger partial charge in [0.25, 0.3) is 0 Å². The summed E-state index contributed by atoms with van der Waals surface area (Å²) >= 11 is 0. The maximum absolute atomic E-state index is 5.70. The molecule has 0 unspecified atom stereocenters. The predicted molar refractivity (Wildman–Crippen MR) is 66.2 cm³/mol. The minimum absolute atomic E-state index is 0.404. The van der Waals surface area contributed by atoms with Gasteiger partial charge in [0.2, 0.25) is 5.95 Å². The summed E-state index contributed by atoms with van der Waals surface area (Å²) in [5.41, 5.74) is 7.57. The smallest absolute Gasteiger partial charge is 0.218 e. The van der Waals surface area contributed by atoms with Crippen LogP contribution in [0.15, 0.2) is 36.5 Å². The van der Waals surface area contributed by atoms with Gasteiger partial charge in [-0.05, 0) is 12.1 Å². The molecular formula is C12H11N5. The highest BCUT2D eigenvalue weighted by Crippen LogP contribution is 2.25. The van der Waals surface area contributed by atoms with E-state index < -0.39 is 0 Å². The van der Waals surface area contributed by atoms with Crippen LogP contribution in [0.2, 0.25) is 0 Å². The molecule has 0 saturated carbocycles. The zero-order valence-electron chi connectivity index (χ0n) is 9.33. The molecule has 0 aliphatic rings. The number of nitrogen functional groups attached to an aromatic ring is 1. The van der Waals surface area contributed by atoms with Crippen LogP contribution in [0.25, 0.3) is 22.3 Å². The summed E-state index contributed by atoms with van der Waals surface area (Å²) in [4.78, 5) is 8.54. The lowest BCUT2D eigenvalue weighted by molar-refractivity contribution is 0.781. The van der Waals surface area contributed by atoms with Gasteiger partial charge in [-0.1, -0.05) is 18.2 Å². The first kappa shape index (κ1) is 9.77. The molecule has 0 aliphatic carbocycles. The van der Waals surface area contributed by atoms with Crippen LogP contribution in [0.1, 0.15) is 0 Å². The van der Waals surface area contributed by atoms with E-state index in [4.69, 9.17) is 5.73 Å². The minimum atomic E-state index is 0.404. The molecule has 0 saturated heterocycles. The molecule has 0 amide bonds. The summed E-state index contributed by atoms with van der Waals surface area (Å²) in [5, 5.41) is 5.31. The van der Waals surface area contributed by atoms with Gasteiger partial charge in [-0.2, -0.15) is 4.98 Å². The maximum Gasteiger partial charge on any atom is 0.218 e. The SMILES string of the molecule is Cn1nc(-c2cccc3ncccc23)nc1N. The van der Waals surface area contributed by atoms with Crippen molar-refractivity contribution in [2.45, 2.75) is 0 Å². The molecule has 0 atom stereocenters. The normalized spacial score (nSPS) is 10.9. The van der Waals surface area contributed by atoms with Gasteiger partial charge < -0.3 is 5.73 Å². The molecule has 0 radical (unpaired) electrons. The molecule has 84 valence electrons. The molecular weight excluding hydrogens is 214 g/mol. The Morgan fingerprint density at radius 3 is 2.82 bits per heavy atom. The van der Waals surface area contributed by atoms with Crippen molar-refractivity contribution in [2.75, 3.05) is 5.73 Å². The highest BCUT2D eigenvalue weighted by Gasteiger charge is 2.09. The Morgan fingerprint density at radius 2 is 2.06 bits per heavy atom. The second-order valence-corrected chi connectivity index (χ2v) is 3.79. The number of rotatable bonds is 1. The third-order valence-electron chi connectivity index (χ3n) is 2.68. The molecule has 3 aromatic rings. The molecule has 0 aliphatic heterocycles.